The third kappa shape index (κ3) is 7.10. The van der Waals surface area contributed by atoms with Crippen LogP contribution in [-0.2, 0) is 20.6 Å². The lowest BCUT2D eigenvalue weighted by molar-refractivity contribution is -0.139. The SMILES string of the molecule is C[C@@H](COCc1ccccc1)C(=O)C(C)(C)[C@@H](O)CCO[Si](C)(C)C(C)(C)C. The van der Waals surface area contributed by atoms with Crippen LogP contribution < -0.4 is 0 Å². The van der Waals surface area contributed by atoms with E-state index in [1.807, 2.05) is 51.1 Å². The normalized spacial score (nSPS) is 15.3. The second-order valence-corrected chi connectivity index (χ2v) is 14.7. The Morgan fingerprint density at radius 1 is 1.11 bits per heavy atom. The number of aliphatic hydroxyl groups is 1. The molecule has 0 aliphatic rings. The zero-order chi connectivity index (χ0) is 21.6. The Hall–Kier alpha value is -1.01. The van der Waals surface area contributed by atoms with Crippen LogP contribution in [0.2, 0.25) is 18.1 Å². The van der Waals surface area contributed by atoms with Gasteiger partial charge in [-0.15, -0.1) is 0 Å². The third-order valence-corrected chi connectivity index (χ3v) is 10.6. The topological polar surface area (TPSA) is 55.8 Å². The highest BCUT2D eigenvalue weighted by molar-refractivity contribution is 6.74. The van der Waals surface area contributed by atoms with Gasteiger partial charge in [0.1, 0.15) is 5.78 Å². The molecule has 0 fully saturated rings. The molecular formula is C23H40O4Si. The van der Waals surface area contributed by atoms with Crippen molar-refractivity contribution < 1.29 is 19.1 Å². The minimum atomic E-state index is -1.85. The van der Waals surface area contributed by atoms with Crippen molar-refractivity contribution in [2.24, 2.45) is 11.3 Å². The standard InChI is InChI=1S/C23H40O4Si/c1-18(16-26-17-19-12-10-9-11-13-19)21(25)23(5,6)20(24)14-15-27-28(7,8)22(2,3)4/h9-13,18,20,24H,14-17H2,1-8H3/t18-,20-/m0/s1. The number of rotatable bonds is 11. The average molecular weight is 409 g/mol. The molecule has 1 N–H and O–H groups in total. The second-order valence-electron chi connectivity index (χ2n) is 9.90. The largest absolute Gasteiger partial charge is 0.417 e. The predicted octanol–water partition coefficient (Wildman–Crippen LogP) is 5.21. The number of aliphatic hydroxyl groups excluding tert-OH is 1. The van der Waals surface area contributed by atoms with Gasteiger partial charge in [0.15, 0.2) is 8.32 Å². The van der Waals surface area contributed by atoms with Gasteiger partial charge in [0, 0.05) is 17.9 Å². The van der Waals surface area contributed by atoms with Crippen LogP contribution in [0.15, 0.2) is 30.3 Å². The molecule has 0 unspecified atom stereocenters. The van der Waals surface area contributed by atoms with Gasteiger partial charge in [0.2, 0.25) is 0 Å². The Labute approximate surface area is 172 Å². The highest BCUT2D eigenvalue weighted by atomic mass is 28.4. The average Bonchev–Trinajstić information content (AvgIpc) is 2.60. The quantitative estimate of drug-likeness (QED) is 0.511. The summed E-state index contributed by atoms with van der Waals surface area (Å²) in [6, 6.07) is 9.91. The highest BCUT2D eigenvalue weighted by Gasteiger charge is 2.40. The molecule has 28 heavy (non-hydrogen) atoms. The van der Waals surface area contributed by atoms with Gasteiger partial charge in [-0.3, -0.25) is 4.79 Å². The molecule has 1 aromatic carbocycles. The molecule has 0 aromatic heterocycles. The van der Waals surface area contributed by atoms with Crippen LogP contribution in [-0.4, -0.2) is 38.5 Å². The number of ketones is 1. The lowest BCUT2D eigenvalue weighted by Crippen LogP contribution is -2.44. The zero-order valence-electron chi connectivity index (χ0n) is 19.0. The number of ether oxygens (including phenoxy) is 1. The molecular weight excluding hydrogens is 368 g/mol. The van der Waals surface area contributed by atoms with Crippen molar-refractivity contribution in [3.05, 3.63) is 35.9 Å². The van der Waals surface area contributed by atoms with Gasteiger partial charge < -0.3 is 14.3 Å². The molecule has 4 nitrogen and oxygen atoms in total. The number of benzene rings is 1. The summed E-state index contributed by atoms with van der Waals surface area (Å²) in [5, 5.41) is 10.8. The number of carbonyl (C=O) groups is 1. The molecule has 160 valence electrons. The fourth-order valence-electron chi connectivity index (χ4n) is 2.81. The molecule has 0 amide bonds. The maximum absolute atomic E-state index is 12.9. The van der Waals surface area contributed by atoms with E-state index in [0.717, 1.165) is 5.56 Å². The van der Waals surface area contributed by atoms with Crippen molar-refractivity contribution in [1.82, 2.24) is 0 Å². The van der Waals surface area contributed by atoms with Crippen molar-refractivity contribution in [3.63, 3.8) is 0 Å². The fraction of sp³-hybridized carbons (Fsp3) is 0.696. The molecule has 1 rings (SSSR count). The van der Waals surface area contributed by atoms with Crippen LogP contribution in [0.3, 0.4) is 0 Å². The number of carbonyl (C=O) groups excluding carboxylic acids is 1. The maximum atomic E-state index is 12.9. The maximum Gasteiger partial charge on any atom is 0.191 e. The molecule has 0 aliphatic heterocycles. The lowest BCUT2D eigenvalue weighted by Gasteiger charge is -2.37. The van der Waals surface area contributed by atoms with Crippen LogP contribution >= 0.6 is 0 Å². The van der Waals surface area contributed by atoms with E-state index < -0.39 is 19.8 Å². The zero-order valence-corrected chi connectivity index (χ0v) is 20.0. The van der Waals surface area contributed by atoms with Gasteiger partial charge in [-0.1, -0.05) is 71.9 Å². The molecule has 0 radical (unpaired) electrons. The van der Waals surface area contributed by atoms with E-state index >= 15 is 0 Å². The van der Waals surface area contributed by atoms with Gasteiger partial charge in [-0.2, -0.15) is 0 Å². The summed E-state index contributed by atoms with van der Waals surface area (Å²) < 4.78 is 11.9. The molecule has 0 saturated heterocycles. The lowest BCUT2D eigenvalue weighted by atomic mass is 9.76. The van der Waals surface area contributed by atoms with E-state index in [1.54, 1.807) is 0 Å². The third-order valence-electron chi connectivity index (χ3n) is 6.06. The number of hydrogen-bond donors (Lipinski definition) is 1. The van der Waals surface area contributed by atoms with Crippen LogP contribution in [0, 0.1) is 11.3 Å². The summed E-state index contributed by atoms with van der Waals surface area (Å²) >= 11 is 0. The summed E-state index contributed by atoms with van der Waals surface area (Å²) in [4.78, 5) is 12.9. The van der Waals surface area contributed by atoms with E-state index in [-0.39, 0.29) is 16.7 Å². The summed E-state index contributed by atoms with van der Waals surface area (Å²) in [7, 11) is -1.85. The van der Waals surface area contributed by atoms with Gasteiger partial charge in [0.05, 0.1) is 19.3 Å². The molecule has 2 atom stereocenters. The van der Waals surface area contributed by atoms with Gasteiger partial charge >= 0.3 is 0 Å². The predicted molar refractivity (Wildman–Crippen MR) is 118 cm³/mol. The first-order chi connectivity index (χ1) is 12.8. The minimum absolute atomic E-state index is 0.0281. The first kappa shape index (κ1) is 25.0. The fourth-order valence-corrected chi connectivity index (χ4v) is 3.87. The van der Waals surface area contributed by atoms with E-state index in [1.165, 1.54) is 0 Å². The number of Topliss-reactive ketones (excluding diaryl/α,β-unsaturated/α-hetero) is 1. The molecule has 0 bridgehead atoms. The van der Waals surface area contributed by atoms with E-state index in [9.17, 15) is 9.90 Å². The monoisotopic (exact) mass is 408 g/mol. The highest BCUT2D eigenvalue weighted by Crippen LogP contribution is 2.37. The van der Waals surface area contributed by atoms with E-state index in [0.29, 0.717) is 26.2 Å². The van der Waals surface area contributed by atoms with Crippen LogP contribution in [0.1, 0.15) is 53.5 Å². The van der Waals surface area contributed by atoms with E-state index in [4.69, 9.17) is 9.16 Å². The van der Waals surface area contributed by atoms with Gasteiger partial charge in [0.25, 0.3) is 0 Å². The molecule has 0 saturated carbocycles. The van der Waals surface area contributed by atoms with Crippen molar-refractivity contribution >= 4 is 14.1 Å². The Bertz CT molecular complexity index is 605. The van der Waals surface area contributed by atoms with Crippen LogP contribution in [0.5, 0.6) is 0 Å². The Morgan fingerprint density at radius 3 is 2.21 bits per heavy atom. The molecule has 0 aliphatic carbocycles. The summed E-state index contributed by atoms with van der Waals surface area (Å²) in [5.74, 6) is -0.241. The van der Waals surface area contributed by atoms with Crippen molar-refractivity contribution in [1.29, 1.82) is 0 Å². The molecule has 0 heterocycles. The number of hydrogen-bond acceptors (Lipinski definition) is 4. The molecule has 1 aromatic rings. The molecule has 5 heteroatoms. The van der Waals surface area contributed by atoms with Crippen molar-refractivity contribution in [2.45, 2.75) is 78.8 Å². The first-order valence-electron chi connectivity index (χ1n) is 10.3. The Balaban J connectivity index is 2.50. The second kappa shape index (κ2) is 10.1. The van der Waals surface area contributed by atoms with Crippen molar-refractivity contribution in [3.8, 4) is 0 Å². The molecule has 0 spiro atoms. The van der Waals surface area contributed by atoms with Gasteiger partial charge in [-0.25, -0.2) is 0 Å². The summed E-state index contributed by atoms with van der Waals surface area (Å²) in [6.45, 7) is 17.8. The Kier molecular flexibility index (Phi) is 9.07. The Morgan fingerprint density at radius 2 is 1.68 bits per heavy atom. The van der Waals surface area contributed by atoms with Gasteiger partial charge in [-0.05, 0) is 30.1 Å². The van der Waals surface area contributed by atoms with Crippen LogP contribution in [0.4, 0.5) is 0 Å². The minimum Gasteiger partial charge on any atom is -0.417 e. The van der Waals surface area contributed by atoms with Crippen LogP contribution in [0.25, 0.3) is 0 Å². The van der Waals surface area contributed by atoms with Crippen molar-refractivity contribution in [2.75, 3.05) is 13.2 Å². The summed E-state index contributed by atoms with van der Waals surface area (Å²) in [5.41, 5.74) is 0.260. The summed E-state index contributed by atoms with van der Waals surface area (Å²) in [6.07, 6.45) is -0.274. The van der Waals surface area contributed by atoms with E-state index in [2.05, 4.69) is 33.9 Å². The smallest absolute Gasteiger partial charge is 0.191 e. The first-order valence-corrected chi connectivity index (χ1v) is 13.2.